The molecule has 6 nitrogen and oxygen atoms in total. The predicted molar refractivity (Wildman–Crippen MR) is 113 cm³/mol. The van der Waals surface area contributed by atoms with Gasteiger partial charge in [-0.05, 0) is 38.5 Å². The van der Waals surface area contributed by atoms with Crippen molar-refractivity contribution in [3.8, 4) is 0 Å². The van der Waals surface area contributed by atoms with Crippen molar-refractivity contribution in [2.24, 2.45) is 5.73 Å². The van der Waals surface area contributed by atoms with E-state index in [-0.39, 0.29) is 18.7 Å². The molecule has 0 rings (SSSR count). The lowest BCUT2D eigenvalue weighted by molar-refractivity contribution is -0.142. The second kappa shape index (κ2) is 18.3. The Morgan fingerprint density at radius 1 is 0.893 bits per heavy atom. The molecular formula is C22H38N2O4. The first-order chi connectivity index (χ1) is 13.5. The van der Waals surface area contributed by atoms with Crippen molar-refractivity contribution in [3.05, 3.63) is 24.3 Å². The molecule has 28 heavy (non-hydrogen) atoms. The Bertz CT molecular complexity index is 501. The van der Waals surface area contributed by atoms with E-state index in [0.717, 1.165) is 44.9 Å². The monoisotopic (exact) mass is 394 g/mol. The zero-order chi connectivity index (χ0) is 21.0. The third kappa shape index (κ3) is 17.3. The molecule has 0 aliphatic carbocycles. The van der Waals surface area contributed by atoms with E-state index in [0.29, 0.717) is 6.42 Å². The first kappa shape index (κ1) is 25.9. The van der Waals surface area contributed by atoms with E-state index in [1.807, 2.05) is 0 Å². The number of nitrogens with one attached hydrogen (secondary N) is 1. The predicted octanol–water partition coefficient (Wildman–Crippen LogP) is 4.24. The summed E-state index contributed by atoms with van der Waals surface area (Å²) >= 11 is 0. The molecule has 1 atom stereocenters. The summed E-state index contributed by atoms with van der Waals surface area (Å²) in [6.07, 6.45) is 20.0. The van der Waals surface area contributed by atoms with E-state index < -0.39 is 17.9 Å². The number of allylic oxidation sites excluding steroid dienone is 4. The Labute approximate surface area is 169 Å². The third-order valence-corrected chi connectivity index (χ3v) is 4.42. The Kier molecular flexibility index (Phi) is 16.9. The smallest absolute Gasteiger partial charge is 0.326 e. The second-order valence-electron chi connectivity index (χ2n) is 7.09. The number of carboxylic acid groups (broad SMARTS) is 1. The molecule has 0 radical (unpaired) electrons. The SMILES string of the molecule is CCCC/C=C\C/C=C\CCCCCCCC(=O)N[C@@H](CCC(N)=O)C(=O)O. The van der Waals surface area contributed by atoms with Crippen LogP contribution in [0, 0.1) is 0 Å². The van der Waals surface area contributed by atoms with E-state index in [9.17, 15) is 14.4 Å². The van der Waals surface area contributed by atoms with E-state index in [4.69, 9.17) is 10.8 Å². The zero-order valence-corrected chi connectivity index (χ0v) is 17.3. The fourth-order valence-corrected chi connectivity index (χ4v) is 2.72. The molecule has 0 aliphatic heterocycles. The van der Waals surface area contributed by atoms with Crippen LogP contribution >= 0.6 is 0 Å². The van der Waals surface area contributed by atoms with Crippen molar-refractivity contribution in [3.63, 3.8) is 0 Å². The molecule has 6 heteroatoms. The van der Waals surface area contributed by atoms with Gasteiger partial charge in [-0.2, -0.15) is 0 Å². The van der Waals surface area contributed by atoms with Crippen LogP contribution in [-0.4, -0.2) is 28.9 Å². The largest absolute Gasteiger partial charge is 0.480 e. The van der Waals surface area contributed by atoms with Crippen molar-refractivity contribution in [1.82, 2.24) is 5.32 Å². The third-order valence-electron chi connectivity index (χ3n) is 4.42. The number of rotatable bonds is 18. The van der Waals surface area contributed by atoms with Crippen molar-refractivity contribution in [2.75, 3.05) is 0 Å². The van der Waals surface area contributed by atoms with Gasteiger partial charge in [-0.15, -0.1) is 0 Å². The lowest BCUT2D eigenvalue weighted by atomic mass is 10.1. The van der Waals surface area contributed by atoms with E-state index >= 15 is 0 Å². The molecule has 0 aromatic heterocycles. The van der Waals surface area contributed by atoms with Crippen molar-refractivity contribution >= 4 is 17.8 Å². The highest BCUT2D eigenvalue weighted by atomic mass is 16.4. The minimum absolute atomic E-state index is 0.0262. The van der Waals surface area contributed by atoms with Gasteiger partial charge in [0.1, 0.15) is 6.04 Å². The number of hydrogen-bond donors (Lipinski definition) is 3. The van der Waals surface area contributed by atoms with Gasteiger partial charge in [-0.25, -0.2) is 4.79 Å². The minimum atomic E-state index is -1.14. The highest BCUT2D eigenvalue weighted by Crippen LogP contribution is 2.08. The molecule has 0 saturated heterocycles. The number of unbranched alkanes of at least 4 members (excludes halogenated alkanes) is 7. The first-order valence-corrected chi connectivity index (χ1v) is 10.6. The Balaban J connectivity index is 3.63. The Morgan fingerprint density at radius 3 is 2.11 bits per heavy atom. The van der Waals surface area contributed by atoms with Gasteiger partial charge in [0.15, 0.2) is 0 Å². The molecule has 0 fully saturated rings. The van der Waals surface area contributed by atoms with Gasteiger partial charge < -0.3 is 16.2 Å². The van der Waals surface area contributed by atoms with Gasteiger partial charge in [0.05, 0.1) is 0 Å². The van der Waals surface area contributed by atoms with Crippen molar-refractivity contribution < 1.29 is 19.5 Å². The lowest BCUT2D eigenvalue weighted by Crippen LogP contribution is -2.41. The number of nitrogens with two attached hydrogens (primary N) is 1. The van der Waals surface area contributed by atoms with Gasteiger partial charge in [0.25, 0.3) is 0 Å². The van der Waals surface area contributed by atoms with Crippen molar-refractivity contribution in [2.45, 2.75) is 96.4 Å². The van der Waals surface area contributed by atoms with Crippen LogP contribution in [0.1, 0.15) is 90.4 Å². The van der Waals surface area contributed by atoms with E-state index in [1.165, 1.54) is 19.3 Å². The average molecular weight is 395 g/mol. The van der Waals surface area contributed by atoms with Crippen molar-refractivity contribution in [1.29, 1.82) is 0 Å². The van der Waals surface area contributed by atoms with Crippen LogP contribution in [0.25, 0.3) is 0 Å². The van der Waals surface area contributed by atoms with Gasteiger partial charge >= 0.3 is 5.97 Å². The average Bonchev–Trinajstić information content (AvgIpc) is 2.65. The molecule has 4 N–H and O–H groups in total. The second-order valence-corrected chi connectivity index (χ2v) is 7.09. The summed E-state index contributed by atoms with van der Waals surface area (Å²) < 4.78 is 0. The summed E-state index contributed by atoms with van der Waals surface area (Å²) in [7, 11) is 0. The highest BCUT2D eigenvalue weighted by Gasteiger charge is 2.20. The molecule has 0 bridgehead atoms. The Morgan fingerprint density at radius 2 is 1.50 bits per heavy atom. The first-order valence-electron chi connectivity index (χ1n) is 10.6. The minimum Gasteiger partial charge on any atom is -0.480 e. The molecule has 160 valence electrons. The van der Waals surface area contributed by atoms with Crippen LogP contribution in [-0.2, 0) is 14.4 Å². The van der Waals surface area contributed by atoms with E-state index in [2.05, 4.69) is 36.5 Å². The van der Waals surface area contributed by atoms with Gasteiger partial charge in [-0.3, -0.25) is 9.59 Å². The van der Waals surface area contributed by atoms with Gasteiger partial charge in [0, 0.05) is 12.8 Å². The normalized spacial score (nSPS) is 12.5. The maximum atomic E-state index is 11.8. The number of carbonyl (C=O) groups is 3. The molecule has 2 amide bonds. The van der Waals surface area contributed by atoms with Gasteiger partial charge in [-0.1, -0.05) is 63.3 Å². The zero-order valence-electron chi connectivity index (χ0n) is 17.3. The highest BCUT2D eigenvalue weighted by molar-refractivity contribution is 5.84. The standard InChI is InChI=1S/C22H38N2O4/c1-2-3-4-5-6-7-8-9-10-11-12-13-14-15-16-21(26)24-19(22(27)28)17-18-20(23)25/h5-6,8-9,19H,2-4,7,10-18H2,1H3,(H2,23,25)(H,24,26)(H,27,28)/b6-5-,9-8-/t19-/m0/s1. The molecule has 0 aliphatic rings. The number of amides is 2. The van der Waals surface area contributed by atoms with Crippen LogP contribution in [0.2, 0.25) is 0 Å². The number of hydrogen-bond acceptors (Lipinski definition) is 3. The summed E-state index contributed by atoms with van der Waals surface area (Å²) in [5, 5.41) is 11.5. The topological polar surface area (TPSA) is 109 Å². The van der Waals surface area contributed by atoms with Crippen LogP contribution in [0.4, 0.5) is 0 Å². The fraction of sp³-hybridized carbons (Fsp3) is 0.682. The Hall–Kier alpha value is -2.11. The summed E-state index contributed by atoms with van der Waals surface area (Å²) in [5.74, 6) is -2.00. The maximum Gasteiger partial charge on any atom is 0.326 e. The fourth-order valence-electron chi connectivity index (χ4n) is 2.72. The molecule has 0 heterocycles. The molecule has 0 saturated carbocycles. The lowest BCUT2D eigenvalue weighted by Gasteiger charge is -2.13. The summed E-state index contributed by atoms with van der Waals surface area (Å²) in [4.78, 5) is 33.6. The quantitative estimate of drug-likeness (QED) is 0.238. The summed E-state index contributed by atoms with van der Waals surface area (Å²) in [5.41, 5.74) is 5.01. The van der Waals surface area contributed by atoms with Gasteiger partial charge in [0.2, 0.25) is 11.8 Å². The molecule has 0 aromatic carbocycles. The van der Waals surface area contributed by atoms with Crippen LogP contribution in [0.5, 0.6) is 0 Å². The summed E-state index contributed by atoms with van der Waals surface area (Å²) in [6.45, 7) is 2.20. The molecule has 0 unspecified atom stereocenters. The summed E-state index contributed by atoms with van der Waals surface area (Å²) in [6, 6.07) is -1.05. The number of carboxylic acids is 1. The van der Waals surface area contributed by atoms with E-state index in [1.54, 1.807) is 0 Å². The molecule has 0 aromatic rings. The van der Waals surface area contributed by atoms with Crippen LogP contribution < -0.4 is 11.1 Å². The van der Waals surface area contributed by atoms with Crippen LogP contribution in [0.3, 0.4) is 0 Å². The number of primary amides is 1. The molecule has 0 spiro atoms. The molecular weight excluding hydrogens is 356 g/mol. The maximum absolute atomic E-state index is 11.8. The number of carbonyl (C=O) groups excluding carboxylic acids is 2. The number of aliphatic carboxylic acids is 1. The van der Waals surface area contributed by atoms with Crippen LogP contribution in [0.15, 0.2) is 24.3 Å².